The molecular formula is C8H16NiO2. The maximum Gasteiger partial charge on any atom is -0.0564 e. The van der Waals surface area contributed by atoms with Gasteiger partial charge in [0.2, 0.25) is 0 Å². The molecule has 11 heavy (non-hydrogen) atoms. The van der Waals surface area contributed by atoms with Crippen molar-refractivity contribution < 1.29 is 24.5 Å². The van der Waals surface area contributed by atoms with E-state index in [-0.39, 0.29) is 5.97 Å². The van der Waals surface area contributed by atoms with E-state index in [9.17, 15) is 4.79 Å². The minimum atomic E-state index is -0.261. The summed E-state index contributed by atoms with van der Waals surface area (Å²) in [5.74, 6) is -0.261. The molecule has 0 fully saturated rings. The molecule has 0 aromatic heterocycles. The van der Waals surface area contributed by atoms with E-state index in [1.54, 1.807) is 6.92 Å². The van der Waals surface area contributed by atoms with Gasteiger partial charge in [0, 0.05) is 0 Å². The molecule has 0 aliphatic rings. The molecule has 0 spiro atoms. The Labute approximate surface area is 77.4 Å². The van der Waals surface area contributed by atoms with E-state index in [1.807, 2.05) is 0 Å². The van der Waals surface area contributed by atoms with Crippen molar-refractivity contribution in [3.8, 4) is 0 Å². The normalized spacial score (nSPS) is 8.09. The van der Waals surface area contributed by atoms with Crippen LogP contribution < -0.4 is 0 Å². The van der Waals surface area contributed by atoms with Gasteiger partial charge in [0.25, 0.3) is 0 Å². The van der Waals surface area contributed by atoms with Crippen LogP contribution in [0.25, 0.3) is 0 Å². The average Bonchev–Trinajstić information content (AvgIpc) is 2.08. The molecule has 0 saturated carbocycles. The van der Waals surface area contributed by atoms with Gasteiger partial charge in [0.05, 0.1) is 0 Å². The van der Waals surface area contributed by atoms with Crippen molar-refractivity contribution in [2.24, 2.45) is 0 Å². The molecule has 0 bridgehead atoms. The van der Waals surface area contributed by atoms with E-state index in [0.29, 0.717) is 6.42 Å². The molecule has 0 rings (SSSR count). The Kier molecular flexibility index (Phi) is 15.5. The molecule has 0 aromatic rings. The largest absolute Gasteiger partial charge is 0.0654 e. The van der Waals surface area contributed by atoms with Crippen molar-refractivity contribution in [1.29, 1.82) is 0 Å². The third-order valence-corrected chi connectivity index (χ3v) is 1.28. The zero-order valence-corrected chi connectivity index (χ0v) is 8.16. The molecule has 0 aromatic carbocycles. The number of carbonyl (C=O) groups is 1. The average molecular weight is 203 g/mol. The zero-order chi connectivity index (χ0) is 9.11. The second kappa shape index (κ2) is 12.6. The van der Waals surface area contributed by atoms with Crippen molar-refractivity contribution in [3.05, 3.63) is 6.92 Å². The predicted molar refractivity (Wildman–Crippen MR) is 41.3 cm³/mol. The Morgan fingerprint density at radius 3 is 2.36 bits per heavy atom. The van der Waals surface area contributed by atoms with E-state index in [1.165, 1.54) is 0 Å². The number of unbranched alkanes of at least 4 members (excludes halogenated alkanes) is 2. The molecule has 0 aliphatic heterocycles. The van der Waals surface area contributed by atoms with Crippen LogP contribution >= 0.6 is 0 Å². The Hall–Kier alpha value is -0.0365. The summed E-state index contributed by atoms with van der Waals surface area (Å²) in [4.78, 5) is 10.4. The van der Waals surface area contributed by atoms with Crippen molar-refractivity contribution in [3.63, 3.8) is 0 Å². The molecule has 2 nitrogen and oxygen atoms in total. The van der Waals surface area contributed by atoms with Crippen LogP contribution in [0.2, 0.25) is 0 Å². The van der Waals surface area contributed by atoms with Gasteiger partial charge in [-0.1, -0.05) is 13.8 Å². The molecule has 70 valence electrons. The smallest absolute Gasteiger partial charge is 0.0564 e. The first kappa shape index (κ1) is 13.5. The van der Waals surface area contributed by atoms with Crippen LogP contribution in [0.3, 0.4) is 0 Å². The van der Waals surface area contributed by atoms with Gasteiger partial charge >= 0.3 is 63.0 Å². The first-order valence-electron chi connectivity index (χ1n) is 3.81. The fraction of sp³-hybridized carbons (Fsp3) is 0.750. The fourth-order valence-electron chi connectivity index (χ4n) is 0.552. The molecule has 3 heteroatoms. The Morgan fingerprint density at radius 1 is 1.45 bits per heavy atom. The summed E-state index contributed by atoms with van der Waals surface area (Å²) in [6.07, 6.45) is 3.58. The van der Waals surface area contributed by atoms with Crippen molar-refractivity contribution in [2.45, 2.75) is 39.5 Å². The minimum absolute atomic E-state index is 0.261. The fourth-order valence-corrected chi connectivity index (χ4v) is 0.652. The number of rotatable bonds is 4. The monoisotopic (exact) mass is 202 g/mol. The number of carbonyl (C=O) groups excluding carboxylic acids is 1. The molecule has 0 heterocycles. The van der Waals surface area contributed by atoms with Gasteiger partial charge in [0.1, 0.15) is 0 Å². The van der Waals surface area contributed by atoms with E-state index in [2.05, 4.69) is 33.5 Å². The van der Waals surface area contributed by atoms with Gasteiger partial charge in [-0.15, -0.1) is 0 Å². The van der Waals surface area contributed by atoms with Crippen molar-refractivity contribution in [2.75, 3.05) is 0 Å². The van der Waals surface area contributed by atoms with E-state index < -0.39 is 0 Å². The Balaban J connectivity index is 0. The van der Waals surface area contributed by atoms with Crippen LogP contribution in [-0.2, 0) is 24.5 Å². The summed E-state index contributed by atoms with van der Waals surface area (Å²) in [5, 5.41) is 0. The van der Waals surface area contributed by atoms with Crippen molar-refractivity contribution >= 4 is 5.97 Å². The molecule has 0 unspecified atom stereocenters. The third kappa shape index (κ3) is 13.0. The number of hydrogen-bond donors (Lipinski definition) is 0. The van der Waals surface area contributed by atoms with Crippen molar-refractivity contribution in [1.82, 2.24) is 0 Å². The first-order chi connectivity index (χ1) is 5.31. The maximum atomic E-state index is 10.4. The first-order valence-corrected chi connectivity index (χ1v) is 4.21. The Morgan fingerprint density at radius 2 is 2.00 bits per heavy atom. The van der Waals surface area contributed by atoms with Crippen LogP contribution in [0.15, 0.2) is 0 Å². The van der Waals surface area contributed by atoms with Gasteiger partial charge in [-0.25, -0.2) is 0 Å². The zero-order valence-electron chi connectivity index (χ0n) is 7.17. The second-order valence-electron chi connectivity index (χ2n) is 1.89. The van der Waals surface area contributed by atoms with Crippen LogP contribution in [0.4, 0.5) is 0 Å². The number of hydrogen-bond acceptors (Lipinski definition) is 2. The molecule has 0 atom stereocenters. The van der Waals surface area contributed by atoms with Crippen LogP contribution in [0, 0.1) is 6.92 Å². The van der Waals surface area contributed by atoms with Gasteiger partial charge in [0.15, 0.2) is 0 Å². The van der Waals surface area contributed by atoms with Gasteiger partial charge in [-0.05, 0) is 0 Å². The summed E-state index contributed by atoms with van der Waals surface area (Å²) in [6, 6.07) is 0. The predicted octanol–water partition coefficient (Wildman–Crippen LogP) is 2.41. The van der Waals surface area contributed by atoms with E-state index in [0.717, 1.165) is 19.3 Å². The topological polar surface area (TPSA) is 26.3 Å². The summed E-state index contributed by atoms with van der Waals surface area (Å²) in [7, 11) is 0. The summed E-state index contributed by atoms with van der Waals surface area (Å²) < 4.78 is 4.08. The molecule has 0 N–H and O–H groups in total. The summed E-state index contributed by atoms with van der Waals surface area (Å²) in [6.45, 7) is 7.08. The SMILES string of the molecule is CCCCCC(=O)[O][Ni].[CH2]C. The van der Waals surface area contributed by atoms with Crippen LogP contribution in [0.1, 0.15) is 39.5 Å². The summed E-state index contributed by atoms with van der Waals surface area (Å²) >= 11 is 3.81. The minimum Gasteiger partial charge on any atom is -0.0654 e. The second-order valence-corrected chi connectivity index (χ2v) is 2.10. The third-order valence-electron chi connectivity index (χ3n) is 1.06. The van der Waals surface area contributed by atoms with E-state index >= 15 is 0 Å². The standard InChI is InChI=1S/C6H12O2.C2H5.Ni/c1-2-3-4-5-6(7)8;1-2;/h2-5H2,1H3,(H,7,8);1H2,2H3;/q;;+1/p-1. The molecule has 0 aliphatic carbocycles. The molecular weight excluding hydrogens is 187 g/mol. The molecule has 0 amide bonds. The van der Waals surface area contributed by atoms with Crippen LogP contribution in [0.5, 0.6) is 0 Å². The van der Waals surface area contributed by atoms with Gasteiger partial charge in [-0.2, -0.15) is 0 Å². The van der Waals surface area contributed by atoms with Crippen LogP contribution in [-0.4, -0.2) is 5.97 Å². The van der Waals surface area contributed by atoms with E-state index in [4.69, 9.17) is 0 Å². The molecule has 0 saturated heterocycles. The summed E-state index contributed by atoms with van der Waals surface area (Å²) in [5.41, 5.74) is 0. The van der Waals surface area contributed by atoms with Gasteiger partial charge in [-0.3, -0.25) is 0 Å². The maximum absolute atomic E-state index is 10.4. The quantitative estimate of drug-likeness (QED) is 0.517. The van der Waals surface area contributed by atoms with Gasteiger partial charge < -0.3 is 0 Å². The Bertz CT molecular complexity index is 84.2. The molecule has 1 radical (unpaired) electrons.